The number of nitrogens with one attached hydrogen (secondary N) is 1. The Balaban J connectivity index is 2.19. The second-order valence-corrected chi connectivity index (χ2v) is 5.45. The van der Waals surface area contributed by atoms with Crippen molar-refractivity contribution in [2.24, 2.45) is 0 Å². The summed E-state index contributed by atoms with van der Waals surface area (Å²) in [4.78, 5) is 3.55. The highest BCUT2D eigenvalue weighted by Gasteiger charge is 2.13. The molecule has 0 bridgehead atoms. The molecule has 0 unspecified atom stereocenters. The van der Waals surface area contributed by atoms with Crippen LogP contribution in [0.2, 0.25) is 0 Å². The van der Waals surface area contributed by atoms with Crippen LogP contribution in [0.5, 0.6) is 0 Å². The van der Waals surface area contributed by atoms with Crippen LogP contribution in [0.15, 0.2) is 60.7 Å². The zero-order valence-corrected chi connectivity index (χ0v) is 11.4. The fraction of sp³-hybridized carbons (Fsp3) is 0. The molecule has 0 spiro atoms. The molecule has 0 saturated heterocycles. The molecule has 1 heterocycles. The SMILES string of the molecule is [C+]1=c2ccc3[nH]c4ccc5ccccc5c4c3c2=CC=C1. The van der Waals surface area contributed by atoms with E-state index in [9.17, 15) is 0 Å². The van der Waals surface area contributed by atoms with Crippen LogP contribution in [0.1, 0.15) is 0 Å². The van der Waals surface area contributed by atoms with E-state index >= 15 is 0 Å². The van der Waals surface area contributed by atoms with E-state index < -0.39 is 0 Å². The lowest BCUT2D eigenvalue weighted by atomic mass is 10.0. The zero-order chi connectivity index (χ0) is 13.8. The third kappa shape index (κ3) is 1.38. The minimum Gasteiger partial charge on any atom is -0.353 e. The fourth-order valence-corrected chi connectivity index (χ4v) is 3.36. The van der Waals surface area contributed by atoms with Crippen molar-refractivity contribution in [1.82, 2.24) is 4.98 Å². The molecule has 0 atom stereocenters. The standard InChI is InChI=1S/C20H12N/c1-3-7-15-13(5-1)9-11-17-19(15)20-16-8-4-2-6-14(16)10-12-18(20)21-17/h1-5,7-12,21H/q+1. The Morgan fingerprint density at radius 3 is 2.67 bits per heavy atom. The Kier molecular flexibility index (Phi) is 1.97. The smallest absolute Gasteiger partial charge is 0.155 e. The quantitative estimate of drug-likeness (QED) is 0.469. The summed E-state index contributed by atoms with van der Waals surface area (Å²) < 4.78 is 0. The first-order chi connectivity index (χ1) is 10.4. The molecule has 1 nitrogen and oxygen atoms in total. The molecular weight excluding hydrogens is 254 g/mol. The lowest BCUT2D eigenvalue weighted by molar-refractivity contribution is 1.52. The first-order valence-electron chi connectivity index (χ1n) is 7.14. The van der Waals surface area contributed by atoms with E-state index in [1.807, 2.05) is 6.08 Å². The second kappa shape index (κ2) is 3.82. The lowest BCUT2D eigenvalue weighted by Crippen LogP contribution is -2.25. The van der Waals surface area contributed by atoms with Crippen LogP contribution < -0.4 is 10.4 Å². The number of aromatic amines is 1. The molecule has 0 saturated carbocycles. The number of aromatic nitrogens is 1. The molecule has 5 rings (SSSR count). The third-order valence-corrected chi connectivity index (χ3v) is 4.29. The van der Waals surface area contributed by atoms with Crippen LogP contribution >= 0.6 is 0 Å². The zero-order valence-electron chi connectivity index (χ0n) is 11.4. The molecule has 0 fully saturated rings. The maximum atomic E-state index is 3.55. The molecule has 1 heteroatoms. The highest BCUT2D eigenvalue weighted by atomic mass is 14.7. The van der Waals surface area contributed by atoms with Crippen LogP contribution in [0, 0.1) is 0 Å². The lowest BCUT2D eigenvalue weighted by Gasteiger charge is -1.99. The Labute approximate surface area is 121 Å². The molecule has 1 aliphatic rings. The minimum absolute atomic E-state index is 1.17. The summed E-state index contributed by atoms with van der Waals surface area (Å²) in [6, 6.07) is 17.2. The Bertz CT molecular complexity index is 1170. The number of allylic oxidation sites excluding steroid dienone is 2. The van der Waals surface area contributed by atoms with Gasteiger partial charge in [0.25, 0.3) is 0 Å². The first-order valence-corrected chi connectivity index (χ1v) is 7.14. The van der Waals surface area contributed by atoms with Crippen LogP contribution in [0.4, 0.5) is 0 Å². The van der Waals surface area contributed by atoms with Crippen LogP contribution in [0.3, 0.4) is 0 Å². The summed E-state index contributed by atoms with van der Waals surface area (Å²) in [5, 5.41) is 7.63. The first kappa shape index (κ1) is 10.8. The third-order valence-electron chi connectivity index (χ3n) is 4.29. The summed E-state index contributed by atoms with van der Waals surface area (Å²) in [6.45, 7) is 0. The van der Waals surface area contributed by atoms with Gasteiger partial charge in [0.2, 0.25) is 0 Å². The minimum atomic E-state index is 1.17. The van der Waals surface area contributed by atoms with Gasteiger partial charge in [-0.2, -0.15) is 0 Å². The molecule has 0 aliphatic heterocycles. The van der Waals surface area contributed by atoms with Gasteiger partial charge in [0.05, 0.1) is 22.2 Å². The molecule has 21 heavy (non-hydrogen) atoms. The van der Waals surface area contributed by atoms with E-state index in [1.54, 1.807) is 0 Å². The molecular formula is C20H12N+. The summed E-state index contributed by atoms with van der Waals surface area (Å²) in [7, 11) is 0. The normalized spacial score (nSPS) is 13.0. The van der Waals surface area contributed by atoms with Gasteiger partial charge < -0.3 is 4.98 Å². The number of fused-ring (bicyclic) bond motifs is 7. The van der Waals surface area contributed by atoms with Gasteiger partial charge in [-0.05, 0) is 16.8 Å². The Hall–Kier alpha value is -2.89. The van der Waals surface area contributed by atoms with Crippen molar-refractivity contribution in [2.45, 2.75) is 0 Å². The van der Waals surface area contributed by atoms with E-state index in [0.29, 0.717) is 0 Å². The van der Waals surface area contributed by atoms with Crippen molar-refractivity contribution in [3.05, 3.63) is 71.1 Å². The summed E-state index contributed by atoms with van der Waals surface area (Å²) >= 11 is 0. The van der Waals surface area contributed by atoms with Gasteiger partial charge in [0.1, 0.15) is 0 Å². The predicted molar refractivity (Wildman–Crippen MR) is 89.6 cm³/mol. The van der Waals surface area contributed by atoms with E-state index in [0.717, 1.165) is 0 Å². The van der Waals surface area contributed by atoms with Gasteiger partial charge in [0.15, 0.2) is 5.22 Å². The van der Waals surface area contributed by atoms with Crippen LogP contribution in [-0.2, 0) is 0 Å². The molecule has 1 N–H and O–H groups in total. The molecule has 3 aromatic carbocycles. The predicted octanol–water partition coefficient (Wildman–Crippen LogP) is 3.48. The van der Waals surface area contributed by atoms with Gasteiger partial charge in [-0.25, -0.2) is 0 Å². The van der Waals surface area contributed by atoms with Gasteiger partial charge in [-0.15, -0.1) is 0 Å². The maximum absolute atomic E-state index is 3.55. The number of H-pyrrole nitrogens is 1. The second-order valence-electron chi connectivity index (χ2n) is 5.45. The summed E-state index contributed by atoms with van der Waals surface area (Å²) in [5.74, 6) is 0. The van der Waals surface area contributed by atoms with E-state index in [2.05, 4.69) is 71.7 Å². The van der Waals surface area contributed by atoms with Crippen molar-refractivity contribution in [2.75, 3.05) is 0 Å². The average Bonchev–Trinajstić information content (AvgIpc) is 2.94. The highest BCUT2D eigenvalue weighted by Crippen LogP contribution is 2.30. The van der Waals surface area contributed by atoms with E-state index in [1.165, 1.54) is 43.0 Å². The molecule has 4 aromatic rings. The maximum Gasteiger partial charge on any atom is 0.155 e. The van der Waals surface area contributed by atoms with Crippen LogP contribution in [-0.4, -0.2) is 4.98 Å². The molecule has 96 valence electrons. The van der Waals surface area contributed by atoms with Crippen molar-refractivity contribution < 1.29 is 0 Å². The van der Waals surface area contributed by atoms with Gasteiger partial charge in [0, 0.05) is 41.3 Å². The average molecular weight is 266 g/mol. The van der Waals surface area contributed by atoms with Crippen molar-refractivity contribution in [3.63, 3.8) is 0 Å². The molecule has 0 radical (unpaired) electrons. The monoisotopic (exact) mass is 266 g/mol. The van der Waals surface area contributed by atoms with Crippen molar-refractivity contribution >= 4 is 44.7 Å². The number of hydrogen-bond acceptors (Lipinski definition) is 0. The van der Waals surface area contributed by atoms with Gasteiger partial charge in [-0.1, -0.05) is 30.3 Å². The number of benzene rings is 3. The number of hydrogen-bond donors (Lipinski definition) is 1. The Morgan fingerprint density at radius 1 is 0.810 bits per heavy atom. The van der Waals surface area contributed by atoms with Gasteiger partial charge in [-0.3, -0.25) is 0 Å². The van der Waals surface area contributed by atoms with Crippen molar-refractivity contribution in [1.29, 1.82) is 0 Å². The summed E-state index contributed by atoms with van der Waals surface area (Å²) in [6.07, 6.45) is 9.55. The van der Waals surface area contributed by atoms with Crippen LogP contribution in [0.25, 0.3) is 44.7 Å². The molecule has 1 aromatic heterocycles. The van der Waals surface area contributed by atoms with E-state index in [4.69, 9.17) is 0 Å². The topological polar surface area (TPSA) is 15.8 Å². The summed E-state index contributed by atoms with van der Waals surface area (Å²) in [5.41, 5.74) is 2.38. The Morgan fingerprint density at radius 2 is 1.67 bits per heavy atom. The highest BCUT2D eigenvalue weighted by molar-refractivity contribution is 6.20. The van der Waals surface area contributed by atoms with Crippen molar-refractivity contribution in [3.8, 4) is 0 Å². The fourth-order valence-electron chi connectivity index (χ4n) is 3.36. The van der Waals surface area contributed by atoms with Gasteiger partial charge >= 0.3 is 0 Å². The molecule has 1 aliphatic carbocycles. The largest absolute Gasteiger partial charge is 0.353 e. The van der Waals surface area contributed by atoms with E-state index in [-0.39, 0.29) is 0 Å². The number of rotatable bonds is 0. The molecule has 0 amide bonds.